The van der Waals surface area contributed by atoms with Gasteiger partial charge in [-0.15, -0.1) is 0 Å². The third kappa shape index (κ3) is 10.7. The summed E-state index contributed by atoms with van der Waals surface area (Å²) in [5.41, 5.74) is -0.502. The highest BCUT2D eigenvalue weighted by atomic mass is 16.5. The van der Waals surface area contributed by atoms with Crippen LogP contribution in [-0.2, 0) is 19.0 Å². The van der Waals surface area contributed by atoms with Crippen LogP contribution in [0.4, 0.5) is 0 Å². The molecule has 0 aliphatic rings. The van der Waals surface area contributed by atoms with E-state index in [4.69, 9.17) is 18.3 Å². The Hall–Kier alpha value is -0.650. The number of hydrogen-bond acceptors (Lipinski definition) is 4. The van der Waals surface area contributed by atoms with Crippen molar-refractivity contribution >= 4 is 5.91 Å². The van der Waals surface area contributed by atoms with Gasteiger partial charge in [-0.05, 0) is 19.3 Å². The molecule has 0 aromatic heterocycles. The van der Waals surface area contributed by atoms with E-state index in [1.807, 2.05) is 0 Å². The molecular formula is C16H33NO4. The summed E-state index contributed by atoms with van der Waals surface area (Å²) < 4.78 is 38.5. The van der Waals surface area contributed by atoms with Gasteiger partial charge in [-0.2, -0.15) is 0 Å². The van der Waals surface area contributed by atoms with Gasteiger partial charge in [0, 0.05) is 37.4 Å². The number of amides is 1. The third-order valence-corrected chi connectivity index (χ3v) is 2.80. The fourth-order valence-corrected chi connectivity index (χ4v) is 1.76. The van der Waals surface area contributed by atoms with Crippen LogP contribution in [0.25, 0.3) is 0 Å². The molecule has 0 aromatic rings. The van der Waals surface area contributed by atoms with Crippen LogP contribution in [0.1, 0.15) is 51.0 Å². The predicted molar refractivity (Wildman–Crippen MR) is 84.4 cm³/mol. The first kappa shape index (κ1) is 15.3. The summed E-state index contributed by atoms with van der Waals surface area (Å²) in [6.45, 7) is 5.38. The van der Waals surface area contributed by atoms with Crippen LogP contribution in [0, 0.1) is 5.41 Å². The van der Waals surface area contributed by atoms with Crippen molar-refractivity contribution < 1.29 is 23.1 Å². The van der Waals surface area contributed by atoms with E-state index in [-0.39, 0.29) is 5.91 Å². The lowest BCUT2D eigenvalue weighted by Crippen LogP contribution is -2.47. The molecule has 5 heteroatoms. The summed E-state index contributed by atoms with van der Waals surface area (Å²) >= 11 is 0. The SMILES string of the molecule is [3H]CCCOCC(CNC(C)=O)(COCCC[3H])COCCC[3H]. The highest BCUT2D eigenvalue weighted by Crippen LogP contribution is 2.19. The van der Waals surface area contributed by atoms with Gasteiger partial charge < -0.3 is 19.5 Å². The van der Waals surface area contributed by atoms with Crippen LogP contribution in [-0.4, -0.2) is 52.1 Å². The maximum absolute atomic E-state index is 11.3. The van der Waals surface area contributed by atoms with Crippen molar-refractivity contribution in [1.82, 2.24) is 5.32 Å². The van der Waals surface area contributed by atoms with Crippen molar-refractivity contribution in [3.63, 3.8) is 0 Å². The first-order valence-corrected chi connectivity index (χ1v) is 7.45. The fraction of sp³-hybridized carbons (Fsp3) is 0.938. The molecule has 5 nitrogen and oxygen atoms in total. The first-order chi connectivity index (χ1) is 11.6. The second kappa shape index (κ2) is 13.0. The first-order valence-electron chi connectivity index (χ1n) is 9.58. The number of carbonyl (C=O) groups excluding carboxylic acids is 1. The minimum atomic E-state index is -0.502. The number of ether oxygens (including phenoxy) is 3. The molecule has 0 saturated carbocycles. The number of carbonyl (C=O) groups is 1. The van der Waals surface area contributed by atoms with E-state index in [1.54, 1.807) is 0 Å². The van der Waals surface area contributed by atoms with E-state index in [0.717, 1.165) is 0 Å². The van der Waals surface area contributed by atoms with E-state index < -0.39 is 5.41 Å². The Morgan fingerprint density at radius 1 is 0.952 bits per heavy atom. The van der Waals surface area contributed by atoms with Gasteiger partial charge in [0.15, 0.2) is 0 Å². The average molecular weight is 309 g/mol. The van der Waals surface area contributed by atoms with Gasteiger partial charge in [-0.1, -0.05) is 20.7 Å². The van der Waals surface area contributed by atoms with Crippen molar-refractivity contribution in [2.45, 2.75) is 46.9 Å². The Kier molecular flexibility index (Phi) is 9.47. The molecule has 0 heterocycles. The smallest absolute Gasteiger partial charge is 0.216 e. The van der Waals surface area contributed by atoms with Gasteiger partial charge in [0.2, 0.25) is 5.91 Å². The Morgan fingerprint density at radius 3 is 1.71 bits per heavy atom. The van der Waals surface area contributed by atoms with Crippen LogP contribution in [0.2, 0.25) is 0 Å². The van der Waals surface area contributed by atoms with Gasteiger partial charge >= 0.3 is 0 Å². The molecular weight excluding hydrogens is 270 g/mol. The summed E-state index contributed by atoms with van der Waals surface area (Å²) in [5, 5.41) is 2.82. The quantitative estimate of drug-likeness (QED) is 0.501. The lowest BCUT2D eigenvalue weighted by Gasteiger charge is -2.33. The third-order valence-electron chi connectivity index (χ3n) is 2.80. The molecule has 0 aliphatic carbocycles. The minimum Gasteiger partial charge on any atom is -0.381 e. The number of hydrogen-bond donors (Lipinski definition) is 1. The summed E-state index contributed by atoms with van der Waals surface area (Å²) in [5.74, 6) is -0.122. The maximum atomic E-state index is 11.3. The lowest BCUT2D eigenvalue weighted by molar-refractivity contribution is -0.121. The molecule has 0 aromatic carbocycles. The van der Waals surface area contributed by atoms with E-state index in [9.17, 15) is 4.79 Å². The molecule has 1 amide bonds. The number of rotatable bonds is 14. The second-order valence-corrected chi connectivity index (χ2v) is 5.13. The second-order valence-electron chi connectivity index (χ2n) is 5.13. The van der Waals surface area contributed by atoms with Gasteiger partial charge in [-0.25, -0.2) is 0 Å². The van der Waals surface area contributed by atoms with Crippen LogP contribution >= 0.6 is 0 Å². The molecule has 1 N–H and O–H groups in total. The molecule has 21 heavy (non-hydrogen) atoms. The summed E-state index contributed by atoms with van der Waals surface area (Å²) in [4.78, 5) is 11.3. The molecule has 126 valence electrons. The predicted octanol–water partition coefficient (Wildman–Crippen LogP) is 2.39. The van der Waals surface area contributed by atoms with Crippen LogP contribution in [0.3, 0.4) is 0 Å². The molecule has 0 fully saturated rings. The van der Waals surface area contributed by atoms with E-state index in [1.165, 1.54) is 6.92 Å². The van der Waals surface area contributed by atoms with Crippen molar-refractivity contribution in [1.29, 1.82) is 0 Å². The summed E-state index contributed by atoms with van der Waals surface area (Å²) in [6, 6.07) is 0. The zero-order valence-electron chi connectivity index (χ0n) is 16.3. The molecule has 0 radical (unpaired) electrons. The molecule has 0 rings (SSSR count). The van der Waals surface area contributed by atoms with E-state index >= 15 is 0 Å². The van der Waals surface area contributed by atoms with Crippen molar-refractivity contribution in [3.05, 3.63) is 0 Å². The van der Waals surface area contributed by atoms with Gasteiger partial charge in [0.1, 0.15) is 0 Å². The topological polar surface area (TPSA) is 56.8 Å². The van der Waals surface area contributed by atoms with Crippen LogP contribution in [0.15, 0.2) is 0 Å². The monoisotopic (exact) mass is 309 g/mol. The van der Waals surface area contributed by atoms with Crippen molar-refractivity contribution in [3.8, 4) is 0 Å². The molecule has 0 spiro atoms. The van der Waals surface area contributed by atoms with Gasteiger partial charge in [0.05, 0.1) is 25.2 Å². The highest BCUT2D eigenvalue weighted by Gasteiger charge is 2.32. The van der Waals surface area contributed by atoms with Crippen LogP contribution in [0.5, 0.6) is 0 Å². The molecule has 0 aliphatic heterocycles. The Balaban J connectivity index is 4.67. The van der Waals surface area contributed by atoms with Crippen LogP contribution < -0.4 is 5.32 Å². The molecule has 0 saturated heterocycles. The van der Waals surface area contributed by atoms with E-state index in [0.29, 0.717) is 86.1 Å². The standard InChI is InChI=1S/C16H33NO4/c1-5-8-19-12-16(11-17-15(4)18,13-20-9-6-2)14-21-10-7-3/h5-14H2,1-4H3,(H,17,18)/i1T,2T,3T. The number of nitrogens with one attached hydrogen (secondary N) is 1. The molecule has 0 atom stereocenters. The fourth-order valence-electron chi connectivity index (χ4n) is 1.76. The largest absolute Gasteiger partial charge is 0.381 e. The summed E-state index contributed by atoms with van der Waals surface area (Å²) in [6.07, 6.45) is 1.99. The zero-order chi connectivity index (χ0) is 18.1. The van der Waals surface area contributed by atoms with E-state index in [2.05, 4.69) is 5.32 Å². The van der Waals surface area contributed by atoms with Crippen molar-refractivity contribution in [2.75, 3.05) is 46.2 Å². The zero-order valence-corrected chi connectivity index (χ0v) is 13.3. The lowest BCUT2D eigenvalue weighted by atomic mass is 9.90. The Labute approximate surface area is 133 Å². The van der Waals surface area contributed by atoms with Gasteiger partial charge in [-0.3, -0.25) is 4.79 Å². The summed E-state index contributed by atoms with van der Waals surface area (Å²) in [7, 11) is 0. The average Bonchev–Trinajstić information content (AvgIpc) is 2.57. The molecule has 0 unspecified atom stereocenters. The minimum absolute atomic E-state index is 0.122. The van der Waals surface area contributed by atoms with Gasteiger partial charge in [0.25, 0.3) is 0 Å². The maximum Gasteiger partial charge on any atom is 0.216 e. The Morgan fingerprint density at radius 2 is 1.38 bits per heavy atom. The van der Waals surface area contributed by atoms with Crippen molar-refractivity contribution in [2.24, 2.45) is 5.41 Å². The Bertz CT molecular complexity index is 278. The molecule has 0 bridgehead atoms. The normalized spacial score (nSPS) is 13.5. The highest BCUT2D eigenvalue weighted by molar-refractivity contribution is 5.72.